The maximum absolute atomic E-state index is 11.5. The molecule has 2 N–H and O–H groups in total. The lowest BCUT2D eigenvalue weighted by molar-refractivity contribution is 0.0699. The van der Waals surface area contributed by atoms with Gasteiger partial charge in [0.05, 0.1) is 23.8 Å². The van der Waals surface area contributed by atoms with E-state index in [1.165, 1.54) is 11.1 Å². The zero-order valence-electron chi connectivity index (χ0n) is 15.7. The molecule has 0 amide bonds. The number of H-pyrrole nitrogens is 1. The molecule has 4 heteroatoms. The van der Waals surface area contributed by atoms with Gasteiger partial charge in [-0.15, -0.1) is 0 Å². The van der Waals surface area contributed by atoms with Gasteiger partial charge in [0.1, 0.15) is 0 Å². The average Bonchev–Trinajstić information content (AvgIpc) is 3.22. The van der Waals surface area contributed by atoms with Gasteiger partial charge in [-0.1, -0.05) is 42.5 Å². The lowest BCUT2D eigenvalue weighted by atomic mass is 9.93. The number of aryl methyl sites for hydroxylation is 1. The van der Waals surface area contributed by atoms with Crippen molar-refractivity contribution in [2.24, 2.45) is 0 Å². The van der Waals surface area contributed by atoms with Crippen LogP contribution in [0.5, 0.6) is 0 Å². The van der Waals surface area contributed by atoms with E-state index in [1.54, 1.807) is 18.5 Å². The lowest BCUT2D eigenvalue weighted by Gasteiger charge is -2.12. The number of carboxylic acid groups (broad SMARTS) is 1. The molecule has 28 heavy (non-hydrogen) atoms. The molecule has 0 aliphatic heterocycles. The third-order valence-electron chi connectivity index (χ3n) is 5.13. The molecule has 0 saturated carbocycles. The fourth-order valence-electron chi connectivity index (χ4n) is 3.49. The number of aromatic amines is 1. The summed E-state index contributed by atoms with van der Waals surface area (Å²) in [4.78, 5) is 18.9. The van der Waals surface area contributed by atoms with E-state index in [0.717, 1.165) is 33.2 Å². The molecule has 4 nitrogen and oxygen atoms in total. The highest BCUT2D eigenvalue weighted by atomic mass is 16.4. The Kier molecular flexibility index (Phi) is 4.53. The first kappa shape index (κ1) is 17.7. The molecular weight excluding hydrogens is 348 g/mol. The Labute approximate surface area is 163 Å². The predicted octanol–water partition coefficient (Wildman–Crippen LogP) is 5.47. The number of carbonyl (C=O) groups is 1. The van der Waals surface area contributed by atoms with Gasteiger partial charge < -0.3 is 10.1 Å². The molecule has 1 heterocycles. The minimum atomic E-state index is -0.914. The zero-order chi connectivity index (χ0) is 19.7. The molecule has 138 valence electrons. The Morgan fingerprint density at radius 3 is 2.57 bits per heavy atom. The Morgan fingerprint density at radius 1 is 1.04 bits per heavy atom. The van der Waals surface area contributed by atoms with Crippen molar-refractivity contribution >= 4 is 28.4 Å². The third kappa shape index (κ3) is 3.21. The topological polar surface area (TPSA) is 66.0 Å². The van der Waals surface area contributed by atoms with Crippen LogP contribution in [0.25, 0.3) is 22.4 Å². The number of fused-ring (bicyclic) bond motifs is 1. The average molecular weight is 368 g/mol. The van der Waals surface area contributed by atoms with E-state index in [0.29, 0.717) is 5.56 Å². The summed E-state index contributed by atoms with van der Waals surface area (Å²) in [6, 6.07) is 17.5. The second-order valence-corrected chi connectivity index (χ2v) is 6.86. The monoisotopic (exact) mass is 368 g/mol. The number of imidazole rings is 1. The fourth-order valence-corrected chi connectivity index (χ4v) is 3.49. The maximum Gasteiger partial charge on any atom is 0.336 e. The van der Waals surface area contributed by atoms with Crippen LogP contribution in [-0.4, -0.2) is 21.0 Å². The first-order valence-electron chi connectivity index (χ1n) is 9.07. The molecule has 0 saturated heterocycles. The van der Waals surface area contributed by atoms with Crippen LogP contribution in [0.1, 0.15) is 38.3 Å². The number of benzene rings is 3. The number of rotatable bonds is 4. The van der Waals surface area contributed by atoms with Gasteiger partial charge in [0, 0.05) is 5.57 Å². The molecule has 3 aromatic carbocycles. The van der Waals surface area contributed by atoms with Gasteiger partial charge >= 0.3 is 5.97 Å². The molecule has 0 radical (unpaired) electrons. The summed E-state index contributed by atoms with van der Waals surface area (Å²) in [5, 5.41) is 11.0. The van der Waals surface area contributed by atoms with Crippen molar-refractivity contribution in [1.82, 2.24) is 9.97 Å². The highest BCUT2D eigenvalue weighted by molar-refractivity contribution is 6.04. The number of nitrogens with one attached hydrogen (secondary N) is 1. The van der Waals surface area contributed by atoms with Crippen LogP contribution in [0.3, 0.4) is 0 Å². The van der Waals surface area contributed by atoms with E-state index in [9.17, 15) is 9.90 Å². The Bertz CT molecular complexity index is 1200. The highest BCUT2D eigenvalue weighted by Gasteiger charge is 2.12. The van der Waals surface area contributed by atoms with Crippen LogP contribution >= 0.6 is 0 Å². The van der Waals surface area contributed by atoms with Gasteiger partial charge in [0.2, 0.25) is 0 Å². The van der Waals surface area contributed by atoms with Crippen molar-refractivity contribution in [3.05, 3.63) is 101 Å². The van der Waals surface area contributed by atoms with Crippen LogP contribution in [0, 0.1) is 13.8 Å². The van der Waals surface area contributed by atoms with Crippen molar-refractivity contribution in [2.45, 2.75) is 13.8 Å². The zero-order valence-corrected chi connectivity index (χ0v) is 15.7. The smallest absolute Gasteiger partial charge is 0.336 e. The minimum absolute atomic E-state index is 0.316. The standard InChI is InChI=1S/C24H20N2O2/c1-15-5-3-7-19(16(15)2)22(23-13-25-14-26-23)12-17-9-10-20-18(11-17)6-4-8-21(20)24(27)28/h3-14H,1-2H3,(H,25,26)(H,27,28)/b22-12-. The van der Waals surface area contributed by atoms with Crippen LogP contribution in [-0.2, 0) is 0 Å². The second kappa shape index (κ2) is 7.16. The molecule has 0 bridgehead atoms. The van der Waals surface area contributed by atoms with Gasteiger partial charge in [-0.25, -0.2) is 9.78 Å². The predicted molar refractivity (Wildman–Crippen MR) is 112 cm³/mol. The van der Waals surface area contributed by atoms with Crippen molar-refractivity contribution in [2.75, 3.05) is 0 Å². The molecule has 4 rings (SSSR count). The minimum Gasteiger partial charge on any atom is -0.478 e. The van der Waals surface area contributed by atoms with Crippen molar-refractivity contribution < 1.29 is 9.90 Å². The van der Waals surface area contributed by atoms with E-state index in [4.69, 9.17) is 0 Å². The first-order chi connectivity index (χ1) is 13.5. The van der Waals surface area contributed by atoms with E-state index >= 15 is 0 Å². The SMILES string of the molecule is Cc1cccc(/C(=C/c2ccc3c(C(=O)O)cccc3c2)c2cnc[nH]2)c1C. The Morgan fingerprint density at radius 2 is 1.82 bits per heavy atom. The summed E-state index contributed by atoms with van der Waals surface area (Å²) in [7, 11) is 0. The highest BCUT2D eigenvalue weighted by Crippen LogP contribution is 2.30. The lowest BCUT2D eigenvalue weighted by Crippen LogP contribution is -1.97. The number of nitrogens with zero attached hydrogens (tertiary/aromatic N) is 1. The summed E-state index contributed by atoms with van der Waals surface area (Å²) in [6.45, 7) is 4.22. The van der Waals surface area contributed by atoms with Gasteiger partial charge in [-0.2, -0.15) is 0 Å². The van der Waals surface area contributed by atoms with Crippen molar-refractivity contribution in [3.63, 3.8) is 0 Å². The molecule has 1 aromatic heterocycles. The van der Waals surface area contributed by atoms with E-state index in [-0.39, 0.29) is 0 Å². The van der Waals surface area contributed by atoms with E-state index in [2.05, 4.69) is 48.1 Å². The number of hydrogen-bond acceptors (Lipinski definition) is 2. The molecule has 0 aliphatic rings. The largest absolute Gasteiger partial charge is 0.478 e. The van der Waals surface area contributed by atoms with Gasteiger partial charge in [-0.05, 0) is 65.1 Å². The number of aromatic carboxylic acids is 1. The summed E-state index contributed by atoms with van der Waals surface area (Å²) in [5.74, 6) is -0.914. The van der Waals surface area contributed by atoms with Crippen LogP contribution in [0.2, 0.25) is 0 Å². The molecule has 0 unspecified atom stereocenters. The summed E-state index contributed by atoms with van der Waals surface area (Å²) in [6.07, 6.45) is 5.60. The molecule has 0 fully saturated rings. The van der Waals surface area contributed by atoms with Crippen LogP contribution in [0.15, 0.2) is 67.1 Å². The summed E-state index contributed by atoms with van der Waals surface area (Å²) in [5.41, 5.74) is 6.89. The Balaban J connectivity index is 1.90. The molecular formula is C24H20N2O2. The first-order valence-corrected chi connectivity index (χ1v) is 9.07. The quantitative estimate of drug-likeness (QED) is 0.470. The number of aromatic nitrogens is 2. The van der Waals surface area contributed by atoms with Gasteiger partial charge in [0.15, 0.2) is 0 Å². The van der Waals surface area contributed by atoms with Gasteiger partial charge in [0.25, 0.3) is 0 Å². The van der Waals surface area contributed by atoms with E-state index < -0.39 is 5.97 Å². The fraction of sp³-hybridized carbons (Fsp3) is 0.0833. The van der Waals surface area contributed by atoms with Crippen LogP contribution in [0.4, 0.5) is 0 Å². The summed E-state index contributed by atoms with van der Waals surface area (Å²) < 4.78 is 0. The summed E-state index contributed by atoms with van der Waals surface area (Å²) >= 11 is 0. The number of hydrogen-bond donors (Lipinski definition) is 2. The van der Waals surface area contributed by atoms with Crippen molar-refractivity contribution in [3.8, 4) is 0 Å². The third-order valence-corrected chi connectivity index (χ3v) is 5.13. The normalized spacial score (nSPS) is 11.7. The molecule has 0 spiro atoms. The molecule has 0 atom stereocenters. The molecule has 0 aliphatic carbocycles. The van der Waals surface area contributed by atoms with E-state index in [1.807, 2.05) is 30.5 Å². The maximum atomic E-state index is 11.5. The van der Waals surface area contributed by atoms with Gasteiger partial charge in [-0.3, -0.25) is 0 Å². The second-order valence-electron chi connectivity index (χ2n) is 6.86. The molecule has 4 aromatic rings. The van der Waals surface area contributed by atoms with Crippen molar-refractivity contribution in [1.29, 1.82) is 0 Å². The van der Waals surface area contributed by atoms with Crippen LogP contribution < -0.4 is 0 Å². The number of carboxylic acids is 1. The Hall–Kier alpha value is -3.66.